The minimum atomic E-state index is -0.810. The van der Waals surface area contributed by atoms with Crippen molar-refractivity contribution in [2.24, 2.45) is 17.8 Å². The average Bonchev–Trinajstić information content (AvgIpc) is 2.77. The Morgan fingerprint density at radius 1 is 1.31 bits per heavy atom. The molecule has 0 saturated heterocycles. The number of carbonyl (C=O) groups is 1. The maximum atomic E-state index is 10.6. The van der Waals surface area contributed by atoms with E-state index in [1.165, 1.54) is 19.3 Å². The average molecular weight is 180 g/mol. The molecule has 0 amide bonds. The highest BCUT2D eigenvalue weighted by Crippen LogP contribution is 2.46. The second-order valence-corrected chi connectivity index (χ2v) is 4.54. The molecular weight excluding hydrogens is 164 g/mol. The molecule has 13 heavy (non-hydrogen) atoms. The third-order valence-electron chi connectivity index (χ3n) is 3.37. The van der Waals surface area contributed by atoms with Gasteiger partial charge in [-0.15, -0.1) is 0 Å². The molecule has 72 valence electrons. The van der Waals surface area contributed by atoms with Crippen LogP contribution in [0.4, 0.5) is 0 Å². The number of carboxylic acids is 1. The molecule has 2 fully saturated rings. The summed E-state index contributed by atoms with van der Waals surface area (Å²) in [6, 6.07) is 0. The van der Waals surface area contributed by atoms with Gasteiger partial charge in [0.2, 0.25) is 0 Å². The first-order valence-corrected chi connectivity index (χ1v) is 5.09. The fourth-order valence-corrected chi connectivity index (χ4v) is 2.21. The van der Waals surface area contributed by atoms with E-state index in [1.54, 1.807) is 0 Å². The summed E-state index contributed by atoms with van der Waals surface area (Å²) in [7, 11) is 0. The van der Waals surface area contributed by atoms with Gasteiger partial charge in [-0.2, -0.15) is 0 Å². The van der Waals surface area contributed by atoms with Gasteiger partial charge in [-0.1, -0.05) is 19.4 Å². The maximum absolute atomic E-state index is 10.6. The second kappa shape index (κ2) is 3.17. The second-order valence-electron chi connectivity index (χ2n) is 4.54. The van der Waals surface area contributed by atoms with E-state index in [9.17, 15) is 4.79 Å². The topological polar surface area (TPSA) is 37.3 Å². The van der Waals surface area contributed by atoms with E-state index in [-0.39, 0.29) is 5.92 Å². The molecule has 2 saturated carbocycles. The van der Waals surface area contributed by atoms with Crippen LogP contribution < -0.4 is 0 Å². The summed E-state index contributed by atoms with van der Waals surface area (Å²) in [5.41, 5.74) is 0.423. The van der Waals surface area contributed by atoms with Gasteiger partial charge in [0.1, 0.15) is 0 Å². The zero-order valence-corrected chi connectivity index (χ0v) is 7.83. The van der Waals surface area contributed by atoms with Gasteiger partial charge in [0.15, 0.2) is 0 Å². The highest BCUT2D eigenvalue weighted by atomic mass is 16.4. The number of hydrogen-bond acceptors (Lipinski definition) is 1. The lowest BCUT2D eigenvalue weighted by Gasteiger charge is -2.35. The van der Waals surface area contributed by atoms with Crippen LogP contribution in [0.25, 0.3) is 0 Å². The number of rotatable bonds is 4. The Morgan fingerprint density at radius 3 is 2.38 bits per heavy atom. The smallest absolute Gasteiger partial charge is 0.331 e. The van der Waals surface area contributed by atoms with Crippen LogP contribution in [0.2, 0.25) is 0 Å². The molecule has 0 aromatic rings. The molecule has 0 atom stereocenters. The predicted octanol–water partition coefficient (Wildman–Crippen LogP) is 2.45. The summed E-state index contributed by atoms with van der Waals surface area (Å²) in [5, 5.41) is 8.70. The fraction of sp³-hybridized carbons (Fsp3) is 0.727. The molecule has 0 aromatic carbocycles. The van der Waals surface area contributed by atoms with Gasteiger partial charge >= 0.3 is 5.97 Å². The molecule has 2 aliphatic carbocycles. The molecule has 2 heteroatoms. The Kier molecular flexibility index (Phi) is 2.14. The Morgan fingerprint density at radius 2 is 1.92 bits per heavy atom. The molecule has 0 unspecified atom stereocenters. The van der Waals surface area contributed by atoms with E-state index in [1.807, 2.05) is 0 Å². The van der Waals surface area contributed by atoms with Crippen molar-refractivity contribution in [2.75, 3.05) is 0 Å². The minimum absolute atomic E-state index is 0.279. The lowest BCUT2D eigenvalue weighted by Crippen LogP contribution is -2.28. The van der Waals surface area contributed by atoms with Gasteiger partial charge in [0, 0.05) is 5.57 Å². The molecule has 0 spiro atoms. The molecular formula is C11H16O2. The number of aliphatic carboxylic acids is 1. The van der Waals surface area contributed by atoms with Crippen LogP contribution >= 0.6 is 0 Å². The van der Waals surface area contributed by atoms with Crippen LogP contribution in [0.3, 0.4) is 0 Å². The Balaban J connectivity index is 1.70. The summed E-state index contributed by atoms with van der Waals surface area (Å²) in [5.74, 6) is 1.24. The van der Waals surface area contributed by atoms with Crippen LogP contribution in [0.15, 0.2) is 12.2 Å². The van der Waals surface area contributed by atoms with E-state index < -0.39 is 5.97 Å². The number of hydrogen-bond donors (Lipinski definition) is 1. The van der Waals surface area contributed by atoms with Gasteiger partial charge in [0.25, 0.3) is 0 Å². The number of carboxylic acid groups (broad SMARTS) is 1. The Labute approximate surface area is 78.6 Å². The summed E-state index contributed by atoms with van der Waals surface area (Å²) >= 11 is 0. The molecule has 0 bridgehead atoms. The molecule has 1 N–H and O–H groups in total. The lowest BCUT2D eigenvalue weighted by atomic mass is 9.69. The summed E-state index contributed by atoms with van der Waals surface area (Å²) in [4.78, 5) is 10.6. The summed E-state index contributed by atoms with van der Waals surface area (Å²) < 4.78 is 0. The Hall–Kier alpha value is -0.790. The molecule has 0 radical (unpaired) electrons. The zero-order chi connectivity index (χ0) is 9.42. The largest absolute Gasteiger partial charge is 0.478 e. The van der Waals surface area contributed by atoms with Crippen LogP contribution in [0.1, 0.15) is 32.1 Å². The first-order valence-electron chi connectivity index (χ1n) is 5.09. The van der Waals surface area contributed by atoms with Gasteiger partial charge in [-0.3, -0.25) is 0 Å². The van der Waals surface area contributed by atoms with Crippen molar-refractivity contribution in [1.29, 1.82) is 0 Å². The van der Waals surface area contributed by atoms with Gasteiger partial charge in [0.05, 0.1) is 0 Å². The molecule has 2 rings (SSSR count). The third kappa shape index (κ3) is 1.93. The highest BCUT2D eigenvalue weighted by molar-refractivity contribution is 5.86. The van der Waals surface area contributed by atoms with Gasteiger partial charge in [-0.05, 0) is 37.0 Å². The molecule has 2 nitrogen and oxygen atoms in total. The van der Waals surface area contributed by atoms with Crippen molar-refractivity contribution in [2.45, 2.75) is 32.1 Å². The first kappa shape index (κ1) is 8.79. The fourth-order valence-electron chi connectivity index (χ4n) is 2.21. The van der Waals surface area contributed by atoms with Crippen molar-refractivity contribution < 1.29 is 9.90 Å². The zero-order valence-electron chi connectivity index (χ0n) is 7.83. The molecule has 0 aromatic heterocycles. The van der Waals surface area contributed by atoms with Gasteiger partial charge in [-0.25, -0.2) is 4.79 Å². The minimum Gasteiger partial charge on any atom is -0.478 e. The van der Waals surface area contributed by atoms with Crippen LogP contribution in [0.5, 0.6) is 0 Å². The summed E-state index contributed by atoms with van der Waals surface area (Å²) in [6.07, 6.45) is 6.29. The lowest BCUT2D eigenvalue weighted by molar-refractivity contribution is -0.133. The monoisotopic (exact) mass is 180 g/mol. The quantitative estimate of drug-likeness (QED) is 0.675. The van der Waals surface area contributed by atoms with Crippen molar-refractivity contribution in [1.82, 2.24) is 0 Å². The van der Waals surface area contributed by atoms with E-state index in [4.69, 9.17) is 5.11 Å². The molecule has 0 aliphatic heterocycles. The van der Waals surface area contributed by atoms with E-state index in [0.717, 1.165) is 24.7 Å². The van der Waals surface area contributed by atoms with Crippen molar-refractivity contribution >= 4 is 5.97 Å². The van der Waals surface area contributed by atoms with Crippen molar-refractivity contribution in [3.05, 3.63) is 12.2 Å². The van der Waals surface area contributed by atoms with Crippen LogP contribution in [-0.4, -0.2) is 11.1 Å². The van der Waals surface area contributed by atoms with Crippen LogP contribution in [-0.2, 0) is 4.79 Å². The van der Waals surface area contributed by atoms with Crippen molar-refractivity contribution in [3.8, 4) is 0 Å². The summed E-state index contributed by atoms with van der Waals surface area (Å²) in [6.45, 7) is 3.61. The van der Waals surface area contributed by atoms with Crippen LogP contribution in [0, 0.1) is 17.8 Å². The van der Waals surface area contributed by atoms with Gasteiger partial charge < -0.3 is 5.11 Å². The normalized spacial score (nSPS) is 32.3. The molecule has 2 aliphatic rings. The predicted molar refractivity (Wildman–Crippen MR) is 50.3 cm³/mol. The van der Waals surface area contributed by atoms with E-state index in [0.29, 0.717) is 5.57 Å². The SMILES string of the molecule is C=C(C(=O)O)C1CC(CC2CC2)C1. The highest BCUT2D eigenvalue weighted by Gasteiger charge is 2.36. The maximum Gasteiger partial charge on any atom is 0.331 e. The molecule has 0 heterocycles. The van der Waals surface area contributed by atoms with E-state index >= 15 is 0 Å². The van der Waals surface area contributed by atoms with E-state index in [2.05, 4.69) is 6.58 Å². The standard InChI is InChI=1S/C11H16O2/c1-7(11(12)13)10-5-9(6-10)4-8-2-3-8/h8-10H,1-6H2,(H,12,13). The third-order valence-corrected chi connectivity index (χ3v) is 3.37. The Bertz CT molecular complexity index is 234. The van der Waals surface area contributed by atoms with Crippen molar-refractivity contribution in [3.63, 3.8) is 0 Å². The first-order chi connectivity index (χ1) is 6.16.